The zero-order chi connectivity index (χ0) is 11.4. The molecule has 0 aromatic heterocycles. The van der Waals surface area contributed by atoms with Crippen LogP contribution in [0.4, 0.5) is 0 Å². The second-order valence-corrected chi connectivity index (χ2v) is 5.44. The van der Waals surface area contributed by atoms with Gasteiger partial charge in [-0.2, -0.15) is 0 Å². The van der Waals surface area contributed by atoms with E-state index in [9.17, 15) is 0 Å². The Morgan fingerprint density at radius 2 is 2.12 bits per heavy atom. The van der Waals surface area contributed by atoms with Gasteiger partial charge in [-0.05, 0) is 38.8 Å². The average Bonchev–Trinajstić information content (AvgIpc) is 2.35. The second kappa shape index (κ2) is 5.99. The molecule has 0 bridgehead atoms. The summed E-state index contributed by atoms with van der Waals surface area (Å²) in [5.41, 5.74) is 5.98. The van der Waals surface area contributed by atoms with Gasteiger partial charge in [0.05, 0.1) is 0 Å². The van der Waals surface area contributed by atoms with Crippen LogP contribution in [0.25, 0.3) is 0 Å². The van der Waals surface area contributed by atoms with Crippen molar-refractivity contribution in [3.8, 4) is 0 Å². The van der Waals surface area contributed by atoms with Gasteiger partial charge in [0.25, 0.3) is 0 Å². The number of fused-ring (bicyclic) bond motifs is 1. The Labute approximate surface area is 100.0 Å². The molecule has 2 atom stereocenters. The summed E-state index contributed by atoms with van der Waals surface area (Å²) in [4.78, 5) is 5.32. The third-order valence-electron chi connectivity index (χ3n) is 4.26. The van der Waals surface area contributed by atoms with Gasteiger partial charge in [0, 0.05) is 31.7 Å². The molecule has 3 heteroatoms. The van der Waals surface area contributed by atoms with Crippen LogP contribution in [0.5, 0.6) is 0 Å². The van der Waals surface area contributed by atoms with E-state index in [-0.39, 0.29) is 0 Å². The van der Waals surface area contributed by atoms with E-state index >= 15 is 0 Å². The summed E-state index contributed by atoms with van der Waals surface area (Å²) in [6.07, 6.45) is 6.55. The second-order valence-electron chi connectivity index (χ2n) is 5.44. The van der Waals surface area contributed by atoms with Crippen LogP contribution in [0, 0.1) is 0 Å². The number of nitrogens with two attached hydrogens (primary N) is 1. The van der Waals surface area contributed by atoms with Crippen LogP contribution in [0.3, 0.4) is 0 Å². The molecule has 0 amide bonds. The van der Waals surface area contributed by atoms with Gasteiger partial charge in [-0.15, -0.1) is 0 Å². The zero-order valence-corrected chi connectivity index (χ0v) is 10.7. The van der Waals surface area contributed by atoms with Crippen molar-refractivity contribution in [2.24, 2.45) is 5.73 Å². The maximum Gasteiger partial charge on any atom is 0.0223 e. The third-order valence-corrected chi connectivity index (χ3v) is 4.26. The van der Waals surface area contributed by atoms with Crippen LogP contribution in [0.15, 0.2) is 0 Å². The molecule has 0 aromatic rings. The monoisotopic (exact) mass is 225 g/mol. The predicted octanol–water partition coefficient (Wildman–Crippen LogP) is 1.28. The molecule has 2 N–H and O–H groups in total. The summed E-state index contributed by atoms with van der Waals surface area (Å²) >= 11 is 0. The van der Waals surface area contributed by atoms with Crippen molar-refractivity contribution in [3.05, 3.63) is 0 Å². The van der Waals surface area contributed by atoms with Crippen LogP contribution >= 0.6 is 0 Å². The van der Waals surface area contributed by atoms with E-state index in [1.165, 1.54) is 58.4 Å². The minimum Gasteiger partial charge on any atom is -0.328 e. The summed E-state index contributed by atoms with van der Waals surface area (Å²) < 4.78 is 0. The molecule has 2 aliphatic rings. The van der Waals surface area contributed by atoms with Gasteiger partial charge in [-0.1, -0.05) is 13.3 Å². The van der Waals surface area contributed by atoms with Crippen molar-refractivity contribution in [1.29, 1.82) is 0 Å². The molecule has 16 heavy (non-hydrogen) atoms. The highest BCUT2D eigenvalue weighted by molar-refractivity contribution is 4.85. The molecule has 2 rings (SSSR count). The fourth-order valence-electron chi connectivity index (χ4n) is 2.98. The summed E-state index contributed by atoms with van der Waals surface area (Å²) in [5, 5.41) is 0. The van der Waals surface area contributed by atoms with Gasteiger partial charge in [-0.25, -0.2) is 0 Å². The average molecular weight is 225 g/mol. The van der Waals surface area contributed by atoms with E-state index in [0.717, 1.165) is 12.5 Å². The molecule has 2 unspecified atom stereocenters. The largest absolute Gasteiger partial charge is 0.328 e. The molecule has 2 saturated heterocycles. The van der Waals surface area contributed by atoms with Gasteiger partial charge in [0.2, 0.25) is 0 Å². The Morgan fingerprint density at radius 1 is 1.25 bits per heavy atom. The van der Waals surface area contributed by atoms with Crippen molar-refractivity contribution >= 4 is 0 Å². The standard InChI is InChI=1S/C13H27N3/c1-2-12(14)6-8-15-9-10-16-7-4-3-5-13(16)11-15/h12-13H,2-11,14H2,1H3. The first-order valence-electron chi connectivity index (χ1n) is 7.01. The molecule has 2 heterocycles. The van der Waals surface area contributed by atoms with Crippen molar-refractivity contribution in [2.75, 3.05) is 32.7 Å². The number of piperazine rings is 1. The number of hydrogen-bond acceptors (Lipinski definition) is 3. The maximum absolute atomic E-state index is 5.98. The van der Waals surface area contributed by atoms with E-state index in [4.69, 9.17) is 5.73 Å². The van der Waals surface area contributed by atoms with E-state index in [2.05, 4.69) is 16.7 Å². The SMILES string of the molecule is CCC(N)CCN1CCN2CCCCC2C1. The molecular formula is C13H27N3. The highest BCUT2D eigenvalue weighted by atomic mass is 15.3. The van der Waals surface area contributed by atoms with Crippen LogP contribution in [-0.4, -0.2) is 54.6 Å². The molecule has 0 radical (unpaired) electrons. The number of piperidine rings is 1. The molecular weight excluding hydrogens is 198 g/mol. The Hall–Kier alpha value is -0.120. The van der Waals surface area contributed by atoms with Crippen LogP contribution in [-0.2, 0) is 0 Å². The van der Waals surface area contributed by atoms with Crippen molar-refractivity contribution in [1.82, 2.24) is 9.80 Å². The molecule has 0 aliphatic carbocycles. The number of hydrogen-bond donors (Lipinski definition) is 1. The topological polar surface area (TPSA) is 32.5 Å². The molecule has 0 saturated carbocycles. The lowest BCUT2D eigenvalue weighted by Crippen LogP contribution is -2.55. The van der Waals surface area contributed by atoms with Crippen molar-refractivity contribution in [2.45, 2.75) is 51.1 Å². The highest BCUT2D eigenvalue weighted by Crippen LogP contribution is 2.21. The van der Waals surface area contributed by atoms with Gasteiger partial charge >= 0.3 is 0 Å². The molecule has 0 aromatic carbocycles. The van der Waals surface area contributed by atoms with Crippen LogP contribution in [0.2, 0.25) is 0 Å². The summed E-state index contributed by atoms with van der Waals surface area (Å²) in [6.45, 7) is 8.56. The number of nitrogens with zero attached hydrogens (tertiary/aromatic N) is 2. The normalized spacial score (nSPS) is 30.0. The molecule has 94 valence electrons. The summed E-state index contributed by atoms with van der Waals surface area (Å²) in [7, 11) is 0. The first kappa shape index (κ1) is 12.3. The van der Waals surface area contributed by atoms with E-state index < -0.39 is 0 Å². The van der Waals surface area contributed by atoms with E-state index in [1.807, 2.05) is 0 Å². The minimum atomic E-state index is 0.407. The van der Waals surface area contributed by atoms with E-state index in [1.54, 1.807) is 0 Å². The fraction of sp³-hybridized carbons (Fsp3) is 1.00. The lowest BCUT2D eigenvalue weighted by Gasteiger charge is -2.44. The minimum absolute atomic E-state index is 0.407. The Morgan fingerprint density at radius 3 is 2.94 bits per heavy atom. The molecule has 0 spiro atoms. The fourth-order valence-corrected chi connectivity index (χ4v) is 2.98. The van der Waals surface area contributed by atoms with Gasteiger partial charge in [-0.3, -0.25) is 4.90 Å². The lowest BCUT2D eigenvalue weighted by molar-refractivity contribution is 0.0481. The zero-order valence-electron chi connectivity index (χ0n) is 10.7. The van der Waals surface area contributed by atoms with Gasteiger partial charge in [0.15, 0.2) is 0 Å². The lowest BCUT2D eigenvalue weighted by atomic mass is 9.99. The molecule has 2 aliphatic heterocycles. The predicted molar refractivity (Wildman–Crippen MR) is 68.5 cm³/mol. The van der Waals surface area contributed by atoms with Gasteiger partial charge < -0.3 is 10.6 Å². The molecule has 3 nitrogen and oxygen atoms in total. The van der Waals surface area contributed by atoms with Gasteiger partial charge in [0.1, 0.15) is 0 Å². The highest BCUT2D eigenvalue weighted by Gasteiger charge is 2.28. The molecule has 2 fully saturated rings. The third kappa shape index (κ3) is 3.19. The first-order chi connectivity index (χ1) is 7.79. The van der Waals surface area contributed by atoms with Crippen LogP contribution < -0.4 is 5.73 Å². The summed E-state index contributed by atoms with van der Waals surface area (Å²) in [6, 6.07) is 1.25. The quantitative estimate of drug-likeness (QED) is 0.782. The van der Waals surface area contributed by atoms with E-state index in [0.29, 0.717) is 6.04 Å². The Kier molecular flexibility index (Phi) is 4.62. The smallest absolute Gasteiger partial charge is 0.0223 e. The summed E-state index contributed by atoms with van der Waals surface area (Å²) in [5.74, 6) is 0. The van der Waals surface area contributed by atoms with Crippen molar-refractivity contribution in [3.63, 3.8) is 0 Å². The maximum atomic E-state index is 5.98. The Balaban J connectivity index is 1.72. The van der Waals surface area contributed by atoms with Crippen molar-refractivity contribution < 1.29 is 0 Å². The number of rotatable bonds is 4. The first-order valence-corrected chi connectivity index (χ1v) is 7.01. The van der Waals surface area contributed by atoms with Crippen LogP contribution in [0.1, 0.15) is 39.0 Å². The Bertz CT molecular complexity index is 207.